The lowest BCUT2D eigenvalue weighted by Crippen LogP contribution is -2.47. The molecule has 61 heavy (non-hydrogen) atoms. The second kappa shape index (κ2) is 42.0. The van der Waals surface area contributed by atoms with Crippen molar-refractivity contribution in [2.45, 2.75) is 226 Å². The molecule has 0 heterocycles. The Labute approximate surface area is 376 Å². The van der Waals surface area contributed by atoms with Crippen molar-refractivity contribution in [2.75, 3.05) is 40.9 Å². The van der Waals surface area contributed by atoms with Gasteiger partial charge in [0.05, 0.1) is 33.8 Å². The molecule has 356 valence electrons. The van der Waals surface area contributed by atoms with Gasteiger partial charge in [-0.1, -0.05) is 198 Å². The number of rotatable bonds is 44. The molecular formula is C51H95N2O7P. The number of nitrogens with zero attached hydrogens (tertiary/aromatic N) is 1. The second-order valence-electron chi connectivity index (χ2n) is 18.0. The van der Waals surface area contributed by atoms with Crippen molar-refractivity contribution >= 4 is 19.7 Å². The van der Waals surface area contributed by atoms with Crippen LogP contribution in [0.15, 0.2) is 48.6 Å². The number of nitrogens with one attached hydrogen (secondary N) is 1. The van der Waals surface area contributed by atoms with Gasteiger partial charge in [0, 0.05) is 12.8 Å². The molecule has 1 amide bonds. The fraction of sp³-hybridized carbons (Fsp3) is 0.804. The monoisotopic (exact) mass is 879 g/mol. The predicted octanol–water partition coefficient (Wildman–Crippen LogP) is 13.6. The zero-order valence-corrected chi connectivity index (χ0v) is 41.3. The van der Waals surface area contributed by atoms with Crippen LogP contribution in [-0.2, 0) is 27.9 Å². The van der Waals surface area contributed by atoms with Crippen molar-refractivity contribution in [2.24, 2.45) is 0 Å². The standard InChI is InChI=1S/C51H95N2O7P/c1-7-10-13-16-19-22-25-26-29-31-34-37-40-43-50(54)52-48(47-59-61(56,57)58-46-45-53(4,5)6)49(42-39-36-33-30-27-23-20-17-14-11-8-2)60-51(55)44-41-38-35-32-28-24-21-18-15-12-9-3/h10,13,16,19,22,25,39,42,48-49H,7-9,11-12,14-15,17-18,20-21,23-24,26-38,40-41,43-47H2,1-6H3,(H-,52,54,56,57)/b13-10+,19-16+,25-22-,42-39+. The Morgan fingerprint density at radius 3 is 1.56 bits per heavy atom. The minimum Gasteiger partial charge on any atom is -0.756 e. The number of quaternary nitrogens is 1. The van der Waals surface area contributed by atoms with E-state index in [0.717, 1.165) is 77.0 Å². The van der Waals surface area contributed by atoms with Gasteiger partial charge in [0.15, 0.2) is 0 Å². The van der Waals surface area contributed by atoms with Crippen LogP contribution in [0.4, 0.5) is 0 Å². The third-order valence-corrected chi connectivity index (χ3v) is 11.8. The van der Waals surface area contributed by atoms with E-state index < -0.39 is 26.6 Å². The summed E-state index contributed by atoms with van der Waals surface area (Å²) < 4.78 is 30.0. The molecule has 0 saturated carbocycles. The first-order valence-corrected chi connectivity index (χ1v) is 26.4. The van der Waals surface area contributed by atoms with E-state index in [9.17, 15) is 19.0 Å². The highest BCUT2D eigenvalue weighted by Crippen LogP contribution is 2.38. The van der Waals surface area contributed by atoms with E-state index in [0.29, 0.717) is 23.9 Å². The molecule has 9 nitrogen and oxygen atoms in total. The van der Waals surface area contributed by atoms with Gasteiger partial charge in [-0.05, 0) is 51.0 Å². The molecule has 3 unspecified atom stereocenters. The molecule has 0 saturated heterocycles. The van der Waals surface area contributed by atoms with Crippen LogP contribution in [0.25, 0.3) is 0 Å². The molecular weight excluding hydrogens is 784 g/mol. The minimum absolute atomic E-state index is 0.0265. The number of likely N-dealkylation sites (N-methyl/N-ethyl adjacent to an activating group) is 1. The van der Waals surface area contributed by atoms with E-state index >= 15 is 0 Å². The predicted molar refractivity (Wildman–Crippen MR) is 256 cm³/mol. The highest BCUT2D eigenvalue weighted by atomic mass is 31.2. The van der Waals surface area contributed by atoms with Crippen molar-refractivity contribution in [1.29, 1.82) is 0 Å². The van der Waals surface area contributed by atoms with Crippen molar-refractivity contribution in [1.82, 2.24) is 5.32 Å². The summed E-state index contributed by atoms with van der Waals surface area (Å²) in [5.74, 6) is -0.567. The molecule has 0 aromatic heterocycles. The highest BCUT2D eigenvalue weighted by Gasteiger charge is 2.27. The Bertz CT molecular complexity index is 1200. The van der Waals surface area contributed by atoms with Crippen LogP contribution >= 0.6 is 7.82 Å². The number of hydrogen-bond donors (Lipinski definition) is 1. The molecule has 0 aliphatic carbocycles. The van der Waals surface area contributed by atoms with Gasteiger partial charge in [-0.2, -0.15) is 0 Å². The van der Waals surface area contributed by atoms with Crippen LogP contribution in [0.5, 0.6) is 0 Å². The normalized spacial score (nSPS) is 14.4. The fourth-order valence-corrected chi connectivity index (χ4v) is 7.65. The number of carbonyl (C=O) groups is 2. The van der Waals surface area contributed by atoms with E-state index in [-0.39, 0.29) is 24.9 Å². The van der Waals surface area contributed by atoms with Gasteiger partial charge in [0.1, 0.15) is 19.3 Å². The molecule has 0 bridgehead atoms. The van der Waals surface area contributed by atoms with Gasteiger partial charge in [0.25, 0.3) is 7.82 Å². The number of unbranched alkanes of at least 4 members (excludes halogenated alkanes) is 24. The third-order valence-electron chi connectivity index (χ3n) is 10.8. The molecule has 0 fully saturated rings. The molecule has 0 spiro atoms. The molecule has 0 aliphatic rings. The number of ether oxygens (including phenoxy) is 1. The summed E-state index contributed by atoms with van der Waals surface area (Å²) in [6.07, 6.45) is 47.9. The van der Waals surface area contributed by atoms with Gasteiger partial charge in [-0.3, -0.25) is 14.2 Å². The van der Waals surface area contributed by atoms with E-state index in [2.05, 4.69) is 56.5 Å². The van der Waals surface area contributed by atoms with Gasteiger partial charge in [-0.25, -0.2) is 0 Å². The molecule has 0 radical (unpaired) electrons. The van der Waals surface area contributed by atoms with E-state index in [1.54, 1.807) is 0 Å². The van der Waals surface area contributed by atoms with E-state index in [1.807, 2.05) is 39.4 Å². The number of phosphoric acid groups is 1. The quantitative estimate of drug-likeness (QED) is 0.0162. The first-order valence-electron chi connectivity index (χ1n) is 25.0. The fourth-order valence-electron chi connectivity index (χ4n) is 6.93. The summed E-state index contributed by atoms with van der Waals surface area (Å²) in [6, 6.07) is -0.893. The molecule has 0 rings (SSSR count). The maximum atomic E-state index is 13.4. The molecule has 0 aliphatic heterocycles. The van der Waals surface area contributed by atoms with E-state index in [4.69, 9.17) is 13.8 Å². The Morgan fingerprint density at radius 2 is 1.05 bits per heavy atom. The van der Waals surface area contributed by atoms with E-state index in [1.165, 1.54) is 96.3 Å². The summed E-state index contributed by atoms with van der Waals surface area (Å²) in [6.45, 7) is 6.65. The number of hydrogen-bond acceptors (Lipinski definition) is 7. The van der Waals surface area contributed by atoms with Crippen molar-refractivity contribution < 1.29 is 37.3 Å². The Balaban J connectivity index is 5.48. The summed E-state index contributed by atoms with van der Waals surface area (Å²) in [4.78, 5) is 39.5. The van der Waals surface area contributed by atoms with Crippen LogP contribution in [0.1, 0.15) is 213 Å². The zero-order valence-electron chi connectivity index (χ0n) is 40.4. The highest BCUT2D eigenvalue weighted by molar-refractivity contribution is 7.45. The van der Waals surface area contributed by atoms with Gasteiger partial charge < -0.3 is 28.5 Å². The largest absolute Gasteiger partial charge is 0.756 e. The summed E-state index contributed by atoms with van der Waals surface area (Å²) in [5.41, 5.74) is 0. The molecule has 3 atom stereocenters. The topological polar surface area (TPSA) is 114 Å². The molecule has 1 N–H and O–H groups in total. The molecule has 0 aromatic rings. The van der Waals surface area contributed by atoms with Crippen molar-refractivity contribution in [3.63, 3.8) is 0 Å². The SMILES string of the molecule is CC/C=C/C=C/C=C\CCCCCCCC(=O)NC(COP(=O)([O-])OCC[N+](C)(C)C)C(/C=C/CCCCCCCCCCC)OC(=O)CCCCCCCCCCCCC. The maximum Gasteiger partial charge on any atom is 0.306 e. The first-order chi connectivity index (χ1) is 29.4. The van der Waals surface area contributed by atoms with Crippen LogP contribution in [-0.4, -0.2) is 69.4 Å². The molecule has 0 aromatic carbocycles. The van der Waals surface area contributed by atoms with Crippen molar-refractivity contribution in [3.05, 3.63) is 48.6 Å². The lowest BCUT2D eigenvalue weighted by Gasteiger charge is -2.30. The van der Waals surface area contributed by atoms with Gasteiger partial charge in [-0.15, -0.1) is 0 Å². The third kappa shape index (κ3) is 43.0. The van der Waals surface area contributed by atoms with Crippen molar-refractivity contribution in [3.8, 4) is 0 Å². The lowest BCUT2D eigenvalue weighted by molar-refractivity contribution is -0.870. The van der Waals surface area contributed by atoms with Gasteiger partial charge >= 0.3 is 5.97 Å². The Morgan fingerprint density at radius 1 is 0.590 bits per heavy atom. The lowest BCUT2D eigenvalue weighted by atomic mass is 10.0. The Kier molecular flexibility index (Phi) is 40.6. The molecule has 10 heteroatoms. The number of carbonyl (C=O) groups excluding carboxylic acids is 2. The average molecular weight is 879 g/mol. The smallest absolute Gasteiger partial charge is 0.306 e. The summed E-state index contributed by atoms with van der Waals surface area (Å²) in [5, 5.41) is 2.99. The van der Waals surface area contributed by atoms with Crippen LogP contribution < -0.4 is 10.2 Å². The Hall–Kier alpha value is -2.03. The van der Waals surface area contributed by atoms with Crippen LogP contribution in [0.2, 0.25) is 0 Å². The van der Waals surface area contributed by atoms with Crippen LogP contribution in [0.3, 0.4) is 0 Å². The average Bonchev–Trinajstić information content (AvgIpc) is 3.21. The zero-order chi connectivity index (χ0) is 45.1. The van der Waals surface area contributed by atoms with Crippen LogP contribution in [0, 0.1) is 0 Å². The summed E-state index contributed by atoms with van der Waals surface area (Å²) in [7, 11) is 1.17. The van der Waals surface area contributed by atoms with Gasteiger partial charge in [0.2, 0.25) is 5.91 Å². The summed E-state index contributed by atoms with van der Waals surface area (Å²) >= 11 is 0. The first kappa shape index (κ1) is 59.0. The minimum atomic E-state index is -4.69. The number of amides is 1. The number of allylic oxidation sites excluding steroid dienone is 7. The number of phosphoric ester groups is 1. The maximum absolute atomic E-state index is 13.4. The number of esters is 1. The second-order valence-corrected chi connectivity index (χ2v) is 19.4.